The molecule has 2 fully saturated rings. The van der Waals surface area contributed by atoms with Crippen molar-refractivity contribution in [1.82, 2.24) is 20.0 Å². The molecule has 5 nitrogen and oxygen atoms in total. The molecule has 0 aromatic carbocycles. The summed E-state index contributed by atoms with van der Waals surface area (Å²) >= 11 is 0. The topological polar surface area (TPSA) is 35.5 Å². The quantitative estimate of drug-likeness (QED) is 0.818. The molecular formula is C16H27N5. The molecule has 0 spiro atoms. The molecule has 0 atom stereocenters. The maximum absolute atomic E-state index is 4.41. The van der Waals surface area contributed by atoms with Crippen molar-refractivity contribution in [3.05, 3.63) is 17.8 Å². The summed E-state index contributed by atoms with van der Waals surface area (Å²) in [5.74, 6) is 1.02. The molecule has 2 aliphatic rings. The average Bonchev–Trinajstić information content (AvgIpc) is 2.39. The first-order chi connectivity index (χ1) is 9.93. The van der Waals surface area contributed by atoms with Gasteiger partial charge in [0, 0.05) is 50.7 Å². The van der Waals surface area contributed by atoms with Gasteiger partial charge < -0.3 is 9.80 Å². The fraction of sp³-hybridized carbons (Fsp3) is 0.750. The van der Waals surface area contributed by atoms with Crippen LogP contribution in [-0.4, -0.2) is 72.4 Å². The maximum atomic E-state index is 4.41. The Labute approximate surface area is 127 Å². The van der Waals surface area contributed by atoms with Crippen LogP contribution in [0.3, 0.4) is 0 Å². The highest BCUT2D eigenvalue weighted by atomic mass is 15.4. The van der Waals surface area contributed by atoms with Gasteiger partial charge in [0.2, 0.25) is 0 Å². The highest BCUT2D eigenvalue weighted by molar-refractivity contribution is 5.42. The largest absolute Gasteiger partial charge is 0.352 e. The van der Waals surface area contributed by atoms with Gasteiger partial charge in [0.25, 0.3) is 0 Å². The first-order valence-corrected chi connectivity index (χ1v) is 7.95. The van der Waals surface area contributed by atoms with Crippen molar-refractivity contribution in [3.63, 3.8) is 0 Å². The molecule has 1 aromatic heterocycles. The van der Waals surface area contributed by atoms with Gasteiger partial charge in [-0.1, -0.05) is 20.8 Å². The molecule has 5 heteroatoms. The summed E-state index contributed by atoms with van der Waals surface area (Å²) in [7, 11) is 2.21. The standard InChI is InChI=1S/C16H27N5/c1-16(2,3)14-5-6-15(18-17-14)21-11-13(12-21)20-9-7-19(4)8-10-20/h5-6,13H,7-12H2,1-4H3. The van der Waals surface area contributed by atoms with Gasteiger partial charge in [0.15, 0.2) is 5.82 Å². The summed E-state index contributed by atoms with van der Waals surface area (Å²) < 4.78 is 0. The van der Waals surface area contributed by atoms with Gasteiger partial charge in [-0.05, 0) is 19.2 Å². The predicted octanol–water partition coefficient (Wildman–Crippen LogP) is 1.21. The minimum atomic E-state index is 0.0723. The molecular weight excluding hydrogens is 262 g/mol. The number of hydrogen-bond acceptors (Lipinski definition) is 5. The highest BCUT2D eigenvalue weighted by Gasteiger charge is 2.34. The van der Waals surface area contributed by atoms with Crippen LogP contribution in [0.5, 0.6) is 0 Å². The van der Waals surface area contributed by atoms with E-state index in [1.807, 2.05) is 0 Å². The van der Waals surface area contributed by atoms with E-state index in [2.05, 4.69) is 64.8 Å². The third kappa shape index (κ3) is 3.19. The smallest absolute Gasteiger partial charge is 0.151 e. The van der Waals surface area contributed by atoms with Crippen molar-refractivity contribution in [2.75, 3.05) is 51.2 Å². The molecule has 2 saturated heterocycles. The van der Waals surface area contributed by atoms with Gasteiger partial charge in [-0.25, -0.2) is 0 Å². The lowest BCUT2D eigenvalue weighted by Gasteiger charge is -2.48. The fourth-order valence-corrected chi connectivity index (χ4v) is 2.95. The first-order valence-electron chi connectivity index (χ1n) is 7.95. The predicted molar refractivity (Wildman–Crippen MR) is 85.8 cm³/mol. The summed E-state index contributed by atoms with van der Waals surface area (Å²) in [6.45, 7) is 13.5. The lowest BCUT2D eigenvalue weighted by molar-refractivity contribution is 0.0960. The van der Waals surface area contributed by atoms with E-state index < -0.39 is 0 Å². The first kappa shape index (κ1) is 14.7. The maximum Gasteiger partial charge on any atom is 0.151 e. The number of nitrogens with zero attached hydrogens (tertiary/aromatic N) is 5. The van der Waals surface area contributed by atoms with Crippen molar-refractivity contribution < 1.29 is 0 Å². The third-order valence-electron chi connectivity index (χ3n) is 4.66. The minimum Gasteiger partial charge on any atom is -0.352 e. The zero-order valence-corrected chi connectivity index (χ0v) is 13.7. The molecule has 3 rings (SSSR count). The Bertz CT molecular complexity index is 464. The Morgan fingerprint density at radius 3 is 2.19 bits per heavy atom. The van der Waals surface area contributed by atoms with Crippen LogP contribution in [-0.2, 0) is 5.41 Å². The Hall–Kier alpha value is -1.20. The second-order valence-corrected chi connectivity index (χ2v) is 7.42. The lowest BCUT2D eigenvalue weighted by Crippen LogP contribution is -2.63. The highest BCUT2D eigenvalue weighted by Crippen LogP contribution is 2.24. The number of rotatable bonds is 2. The monoisotopic (exact) mass is 289 g/mol. The Balaban J connectivity index is 1.54. The van der Waals surface area contributed by atoms with E-state index in [0.717, 1.165) is 24.6 Å². The summed E-state index contributed by atoms with van der Waals surface area (Å²) in [5, 5.41) is 8.80. The Morgan fingerprint density at radius 1 is 1.00 bits per heavy atom. The van der Waals surface area contributed by atoms with Crippen LogP contribution in [0.1, 0.15) is 26.5 Å². The van der Waals surface area contributed by atoms with Crippen molar-refractivity contribution >= 4 is 5.82 Å². The minimum absolute atomic E-state index is 0.0723. The molecule has 116 valence electrons. The fourth-order valence-electron chi connectivity index (χ4n) is 2.95. The van der Waals surface area contributed by atoms with Crippen LogP contribution in [0.4, 0.5) is 5.82 Å². The Kier molecular flexibility index (Phi) is 3.88. The van der Waals surface area contributed by atoms with Crippen molar-refractivity contribution in [1.29, 1.82) is 0 Å². The zero-order valence-electron chi connectivity index (χ0n) is 13.7. The van der Waals surface area contributed by atoms with Crippen LogP contribution in [0.25, 0.3) is 0 Å². The molecule has 0 aliphatic carbocycles. The summed E-state index contributed by atoms with van der Waals surface area (Å²) in [6.07, 6.45) is 0. The molecule has 0 amide bonds. The number of aromatic nitrogens is 2. The van der Waals surface area contributed by atoms with Gasteiger partial charge in [-0.3, -0.25) is 4.90 Å². The van der Waals surface area contributed by atoms with Gasteiger partial charge in [0.05, 0.1) is 5.69 Å². The summed E-state index contributed by atoms with van der Waals surface area (Å²) in [4.78, 5) is 7.36. The molecule has 0 radical (unpaired) electrons. The van der Waals surface area contributed by atoms with Crippen LogP contribution < -0.4 is 4.90 Å². The van der Waals surface area contributed by atoms with Gasteiger partial charge in [-0.2, -0.15) is 5.10 Å². The van der Waals surface area contributed by atoms with Crippen molar-refractivity contribution in [2.45, 2.75) is 32.2 Å². The van der Waals surface area contributed by atoms with E-state index in [1.54, 1.807) is 0 Å². The van der Waals surface area contributed by atoms with E-state index in [0.29, 0.717) is 6.04 Å². The van der Waals surface area contributed by atoms with Gasteiger partial charge in [0.1, 0.15) is 0 Å². The molecule has 0 N–H and O–H groups in total. The molecule has 1 aromatic rings. The van der Waals surface area contributed by atoms with Gasteiger partial charge in [-0.15, -0.1) is 5.10 Å². The number of hydrogen-bond donors (Lipinski definition) is 0. The van der Waals surface area contributed by atoms with E-state index in [9.17, 15) is 0 Å². The summed E-state index contributed by atoms with van der Waals surface area (Å²) in [5.41, 5.74) is 1.13. The van der Waals surface area contributed by atoms with Crippen LogP contribution in [0.15, 0.2) is 12.1 Å². The second kappa shape index (κ2) is 5.54. The molecule has 21 heavy (non-hydrogen) atoms. The zero-order chi connectivity index (χ0) is 15.0. The molecule has 0 bridgehead atoms. The lowest BCUT2D eigenvalue weighted by atomic mass is 9.92. The van der Waals surface area contributed by atoms with E-state index in [1.165, 1.54) is 26.2 Å². The molecule has 0 saturated carbocycles. The number of likely N-dealkylation sites (N-methyl/N-ethyl adjacent to an activating group) is 1. The van der Waals surface area contributed by atoms with E-state index in [-0.39, 0.29) is 5.41 Å². The summed E-state index contributed by atoms with van der Waals surface area (Å²) in [6, 6.07) is 4.93. The molecule has 3 heterocycles. The van der Waals surface area contributed by atoms with Crippen LogP contribution in [0.2, 0.25) is 0 Å². The number of piperazine rings is 1. The molecule has 0 unspecified atom stereocenters. The molecule has 2 aliphatic heterocycles. The van der Waals surface area contributed by atoms with Gasteiger partial charge >= 0.3 is 0 Å². The van der Waals surface area contributed by atoms with E-state index >= 15 is 0 Å². The average molecular weight is 289 g/mol. The van der Waals surface area contributed by atoms with Crippen molar-refractivity contribution in [2.24, 2.45) is 0 Å². The van der Waals surface area contributed by atoms with E-state index in [4.69, 9.17) is 0 Å². The third-order valence-corrected chi connectivity index (χ3v) is 4.66. The second-order valence-electron chi connectivity index (χ2n) is 7.42. The number of anilines is 1. The van der Waals surface area contributed by atoms with Crippen LogP contribution >= 0.6 is 0 Å². The van der Waals surface area contributed by atoms with Crippen molar-refractivity contribution in [3.8, 4) is 0 Å². The normalized spacial score (nSPS) is 22.4. The SMILES string of the molecule is CN1CCN(C2CN(c3ccc(C(C)(C)C)nn3)C2)CC1. The van der Waals surface area contributed by atoms with Crippen LogP contribution in [0, 0.1) is 0 Å². The Morgan fingerprint density at radius 2 is 1.67 bits per heavy atom.